The maximum atomic E-state index is 13.6. The van der Waals surface area contributed by atoms with Crippen LogP contribution in [-0.4, -0.2) is 29.1 Å². The summed E-state index contributed by atoms with van der Waals surface area (Å²) in [5.41, 5.74) is 4.91. The zero-order chi connectivity index (χ0) is 23.2. The second-order valence-electron chi connectivity index (χ2n) is 8.77. The molecule has 0 bridgehead atoms. The number of nitrogens with zero attached hydrogens (tertiary/aromatic N) is 3. The molecule has 0 unspecified atom stereocenters. The van der Waals surface area contributed by atoms with E-state index in [-0.39, 0.29) is 5.91 Å². The Morgan fingerprint density at radius 2 is 1.38 bits per heavy atom. The van der Waals surface area contributed by atoms with Gasteiger partial charge in [0.05, 0.1) is 18.5 Å². The maximum absolute atomic E-state index is 13.6. The zero-order valence-electron chi connectivity index (χ0n) is 19.3. The van der Waals surface area contributed by atoms with Gasteiger partial charge in [0.15, 0.2) is 0 Å². The van der Waals surface area contributed by atoms with Crippen LogP contribution >= 0.6 is 0 Å². The van der Waals surface area contributed by atoms with E-state index in [2.05, 4.69) is 22.2 Å². The number of aromatic nitrogens is 1. The minimum atomic E-state index is 0.0858. The number of amides is 1. The van der Waals surface area contributed by atoms with Gasteiger partial charge in [-0.2, -0.15) is 0 Å². The summed E-state index contributed by atoms with van der Waals surface area (Å²) >= 11 is 0. The van der Waals surface area contributed by atoms with Gasteiger partial charge < -0.3 is 14.3 Å². The Morgan fingerprint density at radius 3 is 2.03 bits per heavy atom. The summed E-state index contributed by atoms with van der Waals surface area (Å²) in [4.78, 5) is 17.8. The highest BCUT2D eigenvalue weighted by atomic mass is 16.5. The average molecular weight is 452 g/mol. The van der Waals surface area contributed by atoms with E-state index in [9.17, 15) is 4.79 Å². The van der Waals surface area contributed by atoms with Crippen molar-refractivity contribution < 1.29 is 9.32 Å². The van der Waals surface area contributed by atoms with Crippen molar-refractivity contribution in [1.82, 2.24) is 10.1 Å². The molecule has 1 aromatic heterocycles. The van der Waals surface area contributed by atoms with Crippen LogP contribution in [0.15, 0.2) is 95.5 Å². The highest BCUT2D eigenvalue weighted by Gasteiger charge is 2.27. The molecule has 5 heteroatoms. The summed E-state index contributed by atoms with van der Waals surface area (Å²) in [7, 11) is 0. The third-order valence-corrected chi connectivity index (χ3v) is 6.32. The van der Waals surface area contributed by atoms with Crippen LogP contribution < -0.4 is 4.90 Å². The molecule has 172 valence electrons. The lowest BCUT2D eigenvalue weighted by molar-refractivity contribution is -0.131. The molecule has 1 saturated heterocycles. The molecule has 0 spiro atoms. The molecule has 0 radical (unpaired) electrons. The molecule has 3 aromatic carbocycles. The molecular formula is C29H29N3O2. The monoisotopic (exact) mass is 451 g/mol. The van der Waals surface area contributed by atoms with E-state index in [4.69, 9.17) is 4.52 Å². The third-order valence-electron chi connectivity index (χ3n) is 6.32. The first-order valence-corrected chi connectivity index (χ1v) is 11.9. The summed E-state index contributed by atoms with van der Waals surface area (Å²) in [5, 5.41) is 4.48. The van der Waals surface area contributed by atoms with E-state index in [1.54, 1.807) is 0 Å². The fourth-order valence-electron chi connectivity index (χ4n) is 4.54. The first-order chi connectivity index (χ1) is 16.8. The van der Waals surface area contributed by atoms with Crippen molar-refractivity contribution in [2.75, 3.05) is 18.0 Å². The minimum Gasteiger partial charge on any atom is -0.340 e. The Kier molecular flexibility index (Phi) is 6.71. The lowest BCUT2D eigenvalue weighted by Crippen LogP contribution is -2.32. The van der Waals surface area contributed by atoms with Crippen LogP contribution in [0.2, 0.25) is 0 Å². The molecular weight excluding hydrogens is 422 g/mol. The lowest BCUT2D eigenvalue weighted by atomic mass is 10.1. The topological polar surface area (TPSA) is 49.6 Å². The number of anilines is 1. The molecule has 5 rings (SSSR count). The molecule has 0 aliphatic carbocycles. The summed E-state index contributed by atoms with van der Waals surface area (Å²) in [6.45, 7) is 2.88. The van der Waals surface area contributed by atoms with Gasteiger partial charge in [-0.15, -0.1) is 0 Å². The van der Waals surface area contributed by atoms with Crippen LogP contribution in [-0.2, 0) is 24.3 Å². The number of hydrogen-bond acceptors (Lipinski definition) is 4. The predicted molar refractivity (Wildman–Crippen MR) is 134 cm³/mol. The zero-order valence-corrected chi connectivity index (χ0v) is 19.3. The van der Waals surface area contributed by atoms with Crippen LogP contribution in [0.5, 0.6) is 0 Å². The van der Waals surface area contributed by atoms with E-state index < -0.39 is 0 Å². The molecule has 1 aliphatic heterocycles. The van der Waals surface area contributed by atoms with Crippen molar-refractivity contribution in [3.8, 4) is 11.3 Å². The highest BCUT2D eigenvalue weighted by molar-refractivity contribution is 5.79. The average Bonchev–Trinajstić information content (AvgIpc) is 3.55. The Morgan fingerprint density at radius 1 is 0.794 bits per heavy atom. The number of benzene rings is 3. The van der Waals surface area contributed by atoms with E-state index in [1.165, 1.54) is 0 Å². The van der Waals surface area contributed by atoms with Crippen molar-refractivity contribution >= 4 is 11.8 Å². The Balaban J connectivity index is 1.50. The SMILES string of the molecule is O=C(Cc1ccccc1)N(Cc1ccccc1)Cc1c(-c2ccccc2)noc1N1CCCC1. The maximum Gasteiger partial charge on any atom is 0.232 e. The van der Waals surface area contributed by atoms with Gasteiger partial charge in [-0.25, -0.2) is 0 Å². The van der Waals surface area contributed by atoms with Gasteiger partial charge in [0.25, 0.3) is 0 Å². The van der Waals surface area contributed by atoms with Crippen LogP contribution in [0.25, 0.3) is 11.3 Å². The van der Waals surface area contributed by atoms with Gasteiger partial charge in [0, 0.05) is 25.2 Å². The summed E-state index contributed by atoms with van der Waals surface area (Å²) < 4.78 is 5.92. The normalized spacial score (nSPS) is 13.2. The number of hydrogen-bond donors (Lipinski definition) is 0. The molecule has 34 heavy (non-hydrogen) atoms. The van der Waals surface area contributed by atoms with Crippen molar-refractivity contribution in [2.45, 2.75) is 32.4 Å². The van der Waals surface area contributed by atoms with Gasteiger partial charge >= 0.3 is 0 Å². The summed E-state index contributed by atoms with van der Waals surface area (Å²) in [5.74, 6) is 0.879. The fraction of sp³-hybridized carbons (Fsp3) is 0.241. The molecule has 0 saturated carbocycles. The van der Waals surface area contributed by atoms with Crippen molar-refractivity contribution in [2.24, 2.45) is 0 Å². The van der Waals surface area contributed by atoms with Gasteiger partial charge in [-0.1, -0.05) is 96.2 Å². The summed E-state index contributed by atoms with van der Waals surface area (Å²) in [6.07, 6.45) is 2.64. The lowest BCUT2D eigenvalue weighted by Gasteiger charge is -2.25. The van der Waals surface area contributed by atoms with E-state index in [0.29, 0.717) is 19.5 Å². The van der Waals surface area contributed by atoms with E-state index in [1.807, 2.05) is 83.8 Å². The van der Waals surface area contributed by atoms with E-state index >= 15 is 0 Å². The number of carbonyl (C=O) groups is 1. The quantitative estimate of drug-likeness (QED) is 0.344. The number of rotatable bonds is 8. The molecule has 2 heterocycles. The molecule has 0 atom stereocenters. The first kappa shape index (κ1) is 22.0. The van der Waals surface area contributed by atoms with Crippen molar-refractivity contribution in [1.29, 1.82) is 0 Å². The molecule has 0 N–H and O–H groups in total. The molecule has 1 amide bonds. The first-order valence-electron chi connectivity index (χ1n) is 11.9. The third kappa shape index (κ3) is 5.04. The number of carbonyl (C=O) groups excluding carboxylic acids is 1. The Labute approximate surface area is 200 Å². The second kappa shape index (κ2) is 10.4. The Hall–Kier alpha value is -3.86. The van der Waals surface area contributed by atoms with Gasteiger partial charge in [0.1, 0.15) is 5.69 Å². The minimum absolute atomic E-state index is 0.0858. The van der Waals surface area contributed by atoms with Gasteiger partial charge in [-0.05, 0) is 24.0 Å². The van der Waals surface area contributed by atoms with E-state index in [0.717, 1.165) is 59.8 Å². The van der Waals surface area contributed by atoms with Crippen molar-refractivity contribution in [3.05, 3.63) is 108 Å². The standard InChI is InChI=1S/C29H29N3O2/c33-27(20-23-12-4-1-5-13-23)32(21-24-14-6-2-7-15-24)22-26-28(25-16-8-3-9-17-25)30-34-29(26)31-18-10-11-19-31/h1-9,12-17H,10-11,18-22H2. The van der Waals surface area contributed by atoms with Gasteiger partial charge in [-0.3, -0.25) is 4.79 Å². The predicted octanol–water partition coefficient (Wildman–Crippen LogP) is 5.71. The summed E-state index contributed by atoms with van der Waals surface area (Å²) in [6, 6.07) is 30.2. The van der Waals surface area contributed by atoms with Gasteiger partial charge in [0.2, 0.25) is 11.8 Å². The largest absolute Gasteiger partial charge is 0.340 e. The van der Waals surface area contributed by atoms with Crippen molar-refractivity contribution in [3.63, 3.8) is 0 Å². The molecule has 5 nitrogen and oxygen atoms in total. The van der Waals surface area contributed by atoms with Crippen LogP contribution in [0.4, 0.5) is 5.88 Å². The van der Waals surface area contributed by atoms with Crippen LogP contribution in [0.1, 0.15) is 29.5 Å². The smallest absolute Gasteiger partial charge is 0.232 e. The molecule has 1 fully saturated rings. The fourth-order valence-corrected chi connectivity index (χ4v) is 4.54. The van der Waals surface area contributed by atoms with Crippen LogP contribution in [0, 0.1) is 0 Å². The molecule has 4 aromatic rings. The van der Waals surface area contributed by atoms with Crippen LogP contribution in [0.3, 0.4) is 0 Å². The second-order valence-corrected chi connectivity index (χ2v) is 8.77. The molecule has 1 aliphatic rings. The Bertz CT molecular complexity index is 1200. The highest BCUT2D eigenvalue weighted by Crippen LogP contribution is 2.34.